The number of amides is 3. The number of halogens is 4. The van der Waals surface area contributed by atoms with Gasteiger partial charge in [0.1, 0.15) is 30.0 Å². The lowest BCUT2D eigenvalue weighted by atomic mass is 9.79. The highest BCUT2D eigenvalue weighted by Crippen LogP contribution is 2.47. The maximum absolute atomic E-state index is 16.4. The quantitative estimate of drug-likeness (QED) is 0.201. The largest absolute Gasteiger partial charge is 0.489 e. The maximum Gasteiger partial charge on any atom is 0.251 e. The molecule has 4 aromatic rings. The van der Waals surface area contributed by atoms with Crippen LogP contribution in [-0.4, -0.2) is 138 Å². The summed E-state index contributed by atoms with van der Waals surface area (Å²) in [6.07, 6.45) is 1.00. The van der Waals surface area contributed by atoms with Gasteiger partial charge >= 0.3 is 0 Å². The topological polar surface area (TPSA) is 121 Å². The normalized spacial score (nSPS) is 25.6. The number of hydrogen-bond acceptors (Lipinski definition) is 10. The molecule has 1 aromatic heterocycles. The molecule has 2 unspecified atom stereocenters. The van der Waals surface area contributed by atoms with E-state index in [1.807, 2.05) is 27.7 Å². The van der Waals surface area contributed by atoms with Crippen LogP contribution in [0, 0.1) is 17.0 Å². The van der Waals surface area contributed by atoms with Crippen molar-refractivity contribution in [3.8, 4) is 5.75 Å². The van der Waals surface area contributed by atoms with Crippen LogP contribution in [0.2, 0.25) is 0 Å². The van der Waals surface area contributed by atoms with E-state index in [9.17, 15) is 23.2 Å². The van der Waals surface area contributed by atoms with Gasteiger partial charge in [0, 0.05) is 98.1 Å². The summed E-state index contributed by atoms with van der Waals surface area (Å²) in [4.78, 5) is 50.0. The monoisotopic (exact) mass is 867 g/mol. The van der Waals surface area contributed by atoms with Gasteiger partial charge < -0.3 is 24.3 Å². The van der Waals surface area contributed by atoms with Crippen molar-refractivity contribution in [2.45, 2.75) is 69.7 Å². The zero-order valence-electron chi connectivity index (χ0n) is 35.0. The summed E-state index contributed by atoms with van der Waals surface area (Å²) in [5.74, 6) is -1.26. The summed E-state index contributed by atoms with van der Waals surface area (Å²) in [6, 6.07) is 8.47. The molecule has 7 aliphatic heterocycles. The van der Waals surface area contributed by atoms with Crippen LogP contribution in [0.3, 0.4) is 0 Å². The number of nitrogens with one attached hydrogen (secondary N) is 2. The Hall–Kier alpha value is -5.68. The summed E-state index contributed by atoms with van der Waals surface area (Å²) in [6.45, 7) is 11.1. The maximum atomic E-state index is 16.4. The Kier molecular flexibility index (Phi) is 9.53. The number of hydrogen-bond donors (Lipinski definition) is 2. The Labute approximate surface area is 361 Å². The molecule has 4 fully saturated rings. The first-order valence-electron chi connectivity index (χ1n) is 21.9. The second-order valence-corrected chi connectivity index (χ2v) is 18.7. The first kappa shape index (κ1) is 40.1. The fraction of sp³-hybridized carbons (Fsp3) is 0.478. The molecule has 2 N–H and O–H groups in total. The standard InChI is InChI=1S/C46H49F4N9O4/c1-25-11-32-30(3-4-36-33(32)16-51-53-36)44(58(25)19-40(49)50)43-34(47)13-28(14-35(43)48)56-8-7-46(24-56)22-54(23-46)20-42(61)55-9-10-57-29(18-55)21-63-39-15-31-26(2)59(17-27(31)12-38(39)57)37-5-6-41(60)52-45(37)62/h3-4,12-16,25,29,37,40,44H,2,5-11,17-24H2,1H3,(H,51,53)(H,52,60,62)/t25-,29+,37?,44?/m1/s1. The molecule has 0 aliphatic carbocycles. The zero-order chi connectivity index (χ0) is 43.5. The van der Waals surface area contributed by atoms with Gasteiger partial charge in [-0.15, -0.1) is 0 Å². The minimum absolute atomic E-state index is 0.0153. The number of piperidine rings is 1. The molecule has 4 saturated heterocycles. The molecule has 0 saturated carbocycles. The van der Waals surface area contributed by atoms with E-state index >= 15 is 8.78 Å². The SMILES string of the molecule is C=C1c2cc3c(cc2CN1C1CCC(=O)NC1=O)N1CCN(C(=O)CN2CC4(CCN(c5cc(F)c(C6c7ccc8[nH]ncc8c7C[C@@H](C)N6CC(F)F)c(F)c5)C4)C2)C[C@H]1CO3. The van der Waals surface area contributed by atoms with Gasteiger partial charge in [-0.2, -0.15) is 5.10 Å². The van der Waals surface area contributed by atoms with Gasteiger partial charge in [0.15, 0.2) is 0 Å². The number of piperazine rings is 1. The number of nitrogens with zero attached hydrogens (tertiary/aromatic N) is 7. The Morgan fingerprint density at radius 2 is 1.86 bits per heavy atom. The third-order valence-electron chi connectivity index (χ3n) is 14.8. The number of imide groups is 1. The van der Waals surface area contributed by atoms with Crippen LogP contribution in [0.25, 0.3) is 16.6 Å². The predicted octanol–water partition coefficient (Wildman–Crippen LogP) is 4.66. The average Bonchev–Trinajstić information content (AvgIpc) is 3.98. The van der Waals surface area contributed by atoms with Crippen LogP contribution in [0.15, 0.2) is 49.2 Å². The summed E-state index contributed by atoms with van der Waals surface area (Å²) >= 11 is 0. The second-order valence-electron chi connectivity index (χ2n) is 18.7. The van der Waals surface area contributed by atoms with E-state index in [0.29, 0.717) is 89.5 Å². The minimum Gasteiger partial charge on any atom is -0.489 e. The number of benzene rings is 3. The van der Waals surface area contributed by atoms with Gasteiger partial charge in [0.25, 0.3) is 6.43 Å². The van der Waals surface area contributed by atoms with Gasteiger partial charge in [0.05, 0.1) is 42.6 Å². The number of aromatic nitrogens is 2. The molecule has 0 radical (unpaired) electrons. The van der Waals surface area contributed by atoms with E-state index in [0.717, 1.165) is 51.1 Å². The van der Waals surface area contributed by atoms with E-state index in [2.05, 4.69) is 38.0 Å². The van der Waals surface area contributed by atoms with Crippen LogP contribution in [0.4, 0.5) is 28.9 Å². The molecule has 17 heteroatoms. The van der Waals surface area contributed by atoms with Crippen molar-refractivity contribution in [1.29, 1.82) is 0 Å². The second kappa shape index (κ2) is 15.0. The first-order valence-corrected chi connectivity index (χ1v) is 21.9. The highest BCUT2D eigenvalue weighted by molar-refractivity contribution is 6.01. The average molecular weight is 868 g/mol. The summed E-state index contributed by atoms with van der Waals surface area (Å²) in [5.41, 5.74) is 6.04. The van der Waals surface area contributed by atoms with E-state index in [1.165, 1.54) is 17.0 Å². The smallest absolute Gasteiger partial charge is 0.251 e. The molecule has 63 heavy (non-hydrogen) atoms. The Morgan fingerprint density at radius 1 is 1.05 bits per heavy atom. The number of anilines is 2. The minimum atomic E-state index is -2.68. The summed E-state index contributed by atoms with van der Waals surface area (Å²) in [7, 11) is 0. The van der Waals surface area contributed by atoms with E-state index in [1.54, 1.807) is 18.3 Å². The Balaban J connectivity index is 0.721. The number of likely N-dealkylation sites (tertiary alicyclic amines) is 1. The molecule has 1 spiro atoms. The predicted molar refractivity (Wildman–Crippen MR) is 226 cm³/mol. The highest BCUT2D eigenvalue weighted by Gasteiger charge is 2.49. The third kappa shape index (κ3) is 6.71. The lowest BCUT2D eigenvalue weighted by Crippen LogP contribution is -2.62. The van der Waals surface area contributed by atoms with Crippen molar-refractivity contribution in [2.24, 2.45) is 5.41 Å². The van der Waals surface area contributed by atoms with E-state index in [4.69, 9.17) is 4.74 Å². The number of fused-ring (bicyclic) bond motifs is 7. The van der Waals surface area contributed by atoms with Gasteiger partial charge in [-0.25, -0.2) is 17.6 Å². The van der Waals surface area contributed by atoms with Crippen LogP contribution in [0.5, 0.6) is 5.75 Å². The van der Waals surface area contributed by atoms with E-state index < -0.39 is 42.7 Å². The van der Waals surface area contributed by atoms with Crippen molar-refractivity contribution in [2.75, 3.05) is 75.3 Å². The number of rotatable bonds is 7. The van der Waals surface area contributed by atoms with Crippen LogP contribution in [-0.2, 0) is 27.3 Å². The lowest BCUT2D eigenvalue weighted by Gasteiger charge is -2.49. The third-order valence-corrected chi connectivity index (χ3v) is 14.8. The molecule has 0 bridgehead atoms. The molecule has 4 atom stereocenters. The van der Waals surface area contributed by atoms with Crippen molar-refractivity contribution in [1.82, 2.24) is 35.1 Å². The van der Waals surface area contributed by atoms with Gasteiger partial charge in [-0.1, -0.05) is 12.6 Å². The van der Waals surface area contributed by atoms with Crippen molar-refractivity contribution in [3.05, 3.63) is 88.6 Å². The molecule has 11 rings (SSSR count). The Bertz CT molecular complexity index is 2560. The molecular formula is C46H49F4N9O4. The summed E-state index contributed by atoms with van der Waals surface area (Å²) < 4.78 is 66.9. The molecule has 3 aromatic carbocycles. The zero-order valence-corrected chi connectivity index (χ0v) is 35.0. The molecule has 330 valence electrons. The van der Waals surface area contributed by atoms with Gasteiger partial charge in [-0.3, -0.25) is 34.6 Å². The molecule has 3 amide bonds. The van der Waals surface area contributed by atoms with E-state index in [-0.39, 0.29) is 41.3 Å². The van der Waals surface area contributed by atoms with Crippen LogP contribution in [0.1, 0.15) is 60.0 Å². The fourth-order valence-corrected chi connectivity index (χ4v) is 11.7. The number of alkyl halides is 2. The van der Waals surface area contributed by atoms with Crippen LogP contribution >= 0.6 is 0 Å². The summed E-state index contributed by atoms with van der Waals surface area (Å²) in [5, 5.41) is 10.3. The van der Waals surface area contributed by atoms with Crippen LogP contribution < -0.4 is 19.9 Å². The number of H-pyrrole nitrogens is 1. The van der Waals surface area contributed by atoms with Gasteiger partial charge in [-0.05, 0) is 73.2 Å². The van der Waals surface area contributed by atoms with Crippen molar-refractivity contribution >= 4 is 45.7 Å². The number of aromatic amines is 1. The number of ether oxygens (including phenoxy) is 1. The van der Waals surface area contributed by atoms with Gasteiger partial charge in [0.2, 0.25) is 17.7 Å². The first-order chi connectivity index (χ1) is 30.3. The Morgan fingerprint density at radius 3 is 2.63 bits per heavy atom. The van der Waals surface area contributed by atoms with Crippen molar-refractivity contribution < 1.29 is 36.7 Å². The van der Waals surface area contributed by atoms with Crippen molar-refractivity contribution in [3.63, 3.8) is 0 Å². The molecule has 7 aliphatic rings. The number of carbonyl (C=O) groups excluding carboxylic acids is 3. The lowest BCUT2D eigenvalue weighted by molar-refractivity contribution is -0.137. The molecule has 8 heterocycles. The highest BCUT2D eigenvalue weighted by atomic mass is 19.3. The molecular weight excluding hydrogens is 819 g/mol. The fourth-order valence-electron chi connectivity index (χ4n) is 11.7. The number of carbonyl (C=O) groups is 3. The molecule has 13 nitrogen and oxygen atoms in total.